The predicted octanol–water partition coefficient (Wildman–Crippen LogP) is 3.39. The molecule has 2 aromatic heterocycles. The zero-order valence-electron chi connectivity index (χ0n) is 13.0. The van der Waals surface area contributed by atoms with E-state index in [2.05, 4.69) is 27.6 Å². The molecule has 7 heteroatoms. The van der Waals surface area contributed by atoms with Crippen LogP contribution in [0.1, 0.15) is 11.5 Å². The number of benzene rings is 1. The zero-order chi connectivity index (χ0) is 16.6. The molecule has 3 rings (SSSR count). The fourth-order valence-electron chi connectivity index (χ4n) is 2.09. The summed E-state index contributed by atoms with van der Waals surface area (Å²) < 4.78 is 5.20. The van der Waals surface area contributed by atoms with Crippen LogP contribution in [0.3, 0.4) is 0 Å². The molecule has 0 bridgehead atoms. The summed E-state index contributed by atoms with van der Waals surface area (Å²) in [4.78, 5) is 17.1. The Morgan fingerprint density at radius 2 is 2.08 bits per heavy atom. The summed E-state index contributed by atoms with van der Waals surface area (Å²) in [5.74, 6) is 2.08. The summed E-state index contributed by atoms with van der Waals surface area (Å²) in [6, 6.07) is 14.0. The van der Waals surface area contributed by atoms with Gasteiger partial charge in [0, 0.05) is 6.54 Å². The van der Waals surface area contributed by atoms with Gasteiger partial charge in [-0.15, -0.1) is 23.1 Å². The number of carbonyl (C=O) groups excluding carboxylic acids is 1. The van der Waals surface area contributed by atoms with Crippen molar-refractivity contribution in [3.8, 4) is 10.7 Å². The number of nitrogens with zero attached hydrogens (tertiary/aromatic N) is 2. The van der Waals surface area contributed by atoms with Gasteiger partial charge in [-0.3, -0.25) is 4.79 Å². The molecule has 0 atom stereocenters. The van der Waals surface area contributed by atoms with E-state index in [1.807, 2.05) is 35.7 Å². The number of aromatic nitrogens is 2. The van der Waals surface area contributed by atoms with Crippen molar-refractivity contribution >= 4 is 29.0 Å². The topological polar surface area (TPSA) is 68.0 Å². The van der Waals surface area contributed by atoms with Crippen molar-refractivity contribution in [2.45, 2.75) is 12.2 Å². The highest BCUT2D eigenvalue weighted by molar-refractivity contribution is 7.99. The third-order valence-electron chi connectivity index (χ3n) is 3.25. The van der Waals surface area contributed by atoms with Crippen LogP contribution in [-0.4, -0.2) is 28.3 Å². The van der Waals surface area contributed by atoms with E-state index in [1.165, 1.54) is 17.3 Å². The van der Waals surface area contributed by atoms with Crippen LogP contribution < -0.4 is 5.32 Å². The number of thioether (sulfide) groups is 1. The van der Waals surface area contributed by atoms with Crippen LogP contribution in [-0.2, 0) is 17.0 Å². The lowest BCUT2D eigenvalue weighted by Gasteiger charge is -2.04. The van der Waals surface area contributed by atoms with Crippen LogP contribution in [0.25, 0.3) is 10.7 Å². The molecule has 3 aromatic rings. The van der Waals surface area contributed by atoms with Crippen molar-refractivity contribution in [1.82, 2.24) is 15.5 Å². The SMILES string of the molecule is O=C(CSCc1nc(-c2cccs2)no1)NCCc1ccccc1. The maximum Gasteiger partial charge on any atom is 0.236 e. The second-order valence-corrected chi connectivity index (χ2v) is 7.00. The lowest BCUT2D eigenvalue weighted by molar-refractivity contribution is -0.118. The van der Waals surface area contributed by atoms with E-state index in [1.54, 1.807) is 11.3 Å². The van der Waals surface area contributed by atoms with E-state index in [0.29, 0.717) is 29.8 Å². The lowest BCUT2D eigenvalue weighted by atomic mass is 10.1. The first-order chi connectivity index (χ1) is 11.8. The van der Waals surface area contributed by atoms with Crippen LogP contribution in [0.5, 0.6) is 0 Å². The Labute approximate surface area is 148 Å². The fourth-order valence-corrected chi connectivity index (χ4v) is 3.42. The molecule has 0 aliphatic carbocycles. The van der Waals surface area contributed by atoms with Crippen LogP contribution >= 0.6 is 23.1 Å². The summed E-state index contributed by atoms with van der Waals surface area (Å²) in [6.07, 6.45) is 0.838. The van der Waals surface area contributed by atoms with Gasteiger partial charge in [0.2, 0.25) is 17.6 Å². The zero-order valence-corrected chi connectivity index (χ0v) is 14.6. The average Bonchev–Trinajstić information content (AvgIpc) is 3.27. The molecule has 1 N–H and O–H groups in total. The van der Waals surface area contributed by atoms with Gasteiger partial charge in [-0.05, 0) is 23.4 Å². The second-order valence-electron chi connectivity index (χ2n) is 5.07. The van der Waals surface area contributed by atoms with Gasteiger partial charge in [0.25, 0.3) is 0 Å². The Balaban J connectivity index is 1.35. The van der Waals surface area contributed by atoms with Crippen molar-refractivity contribution in [2.75, 3.05) is 12.3 Å². The molecule has 2 heterocycles. The molecule has 0 unspecified atom stereocenters. The third-order valence-corrected chi connectivity index (χ3v) is 5.03. The van der Waals surface area contributed by atoms with Gasteiger partial charge < -0.3 is 9.84 Å². The molecule has 0 aliphatic heterocycles. The molecule has 0 radical (unpaired) electrons. The largest absolute Gasteiger partial charge is 0.355 e. The minimum atomic E-state index is 0.0222. The van der Waals surface area contributed by atoms with E-state index >= 15 is 0 Å². The van der Waals surface area contributed by atoms with Gasteiger partial charge in [0.05, 0.1) is 16.4 Å². The molecule has 0 saturated carbocycles. The van der Waals surface area contributed by atoms with Crippen LogP contribution in [0.4, 0.5) is 0 Å². The molecule has 0 spiro atoms. The first kappa shape index (κ1) is 16.7. The van der Waals surface area contributed by atoms with E-state index in [-0.39, 0.29) is 5.91 Å². The Morgan fingerprint density at radius 1 is 1.21 bits per heavy atom. The molecule has 5 nitrogen and oxygen atoms in total. The summed E-state index contributed by atoms with van der Waals surface area (Å²) in [6.45, 7) is 0.645. The van der Waals surface area contributed by atoms with Gasteiger partial charge in [0.1, 0.15) is 0 Å². The number of thiophene rings is 1. The highest BCUT2D eigenvalue weighted by Crippen LogP contribution is 2.22. The Hall–Kier alpha value is -2.12. The summed E-state index contributed by atoms with van der Waals surface area (Å²) >= 11 is 3.04. The third kappa shape index (κ3) is 4.94. The smallest absolute Gasteiger partial charge is 0.236 e. The maximum atomic E-state index is 11.8. The highest BCUT2D eigenvalue weighted by Gasteiger charge is 2.10. The van der Waals surface area contributed by atoms with Gasteiger partial charge in [-0.1, -0.05) is 41.6 Å². The normalized spacial score (nSPS) is 10.7. The van der Waals surface area contributed by atoms with Crippen LogP contribution in [0, 0.1) is 0 Å². The fraction of sp³-hybridized carbons (Fsp3) is 0.235. The Bertz CT molecular complexity index is 757. The van der Waals surface area contributed by atoms with E-state index < -0.39 is 0 Å². The van der Waals surface area contributed by atoms with E-state index in [0.717, 1.165) is 11.3 Å². The molecule has 24 heavy (non-hydrogen) atoms. The molecular weight excluding hydrogens is 342 g/mol. The van der Waals surface area contributed by atoms with Gasteiger partial charge in [-0.2, -0.15) is 4.98 Å². The summed E-state index contributed by atoms with van der Waals surface area (Å²) in [5.41, 5.74) is 1.22. The van der Waals surface area contributed by atoms with Crippen molar-refractivity contribution in [3.63, 3.8) is 0 Å². The van der Waals surface area contributed by atoms with Crippen molar-refractivity contribution in [3.05, 3.63) is 59.3 Å². The predicted molar refractivity (Wildman–Crippen MR) is 96.9 cm³/mol. The number of rotatable bonds is 8. The molecule has 1 aromatic carbocycles. The van der Waals surface area contributed by atoms with Gasteiger partial charge >= 0.3 is 0 Å². The first-order valence-corrected chi connectivity index (χ1v) is 9.59. The molecule has 0 fully saturated rings. The van der Waals surface area contributed by atoms with Crippen molar-refractivity contribution < 1.29 is 9.32 Å². The minimum absolute atomic E-state index is 0.0222. The summed E-state index contributed by atoms with van der Waals surface area (Å²) in [7, 11) is 0. The number of nitrogens with one attached hydrogen (secondary N) is 1. The molecule has 0 saturated heterocycles. The first-order valence-electron chi connectivity index (χ1n) is 7.56. The monoisotopic (exact) mass is 359 g/mol. The Morgan fingerprint density at radius 3 is 2.88 bits per heavy atom. The highest BCUT2D eigenvalue weighted by atomic mass is 32.2. The quantitative estimate of drug-likeness (QED) is 0.668. The van der Waals surface area contributed by atoms with Crippen molar-refractivity contribution in [2.24, 2.45) is 0 Å². The second kappa shape index (κ2) is 8.65. The number of hydrogen-bond donors (Lipinski definition) is 1. The van der Waals surface area contributed by atoms with Gasteiger partial charge in [0.15, 0.2) is 0 Å². The molecule has 1 amide bonds. The van der Waals surface area contributed by atoms with Crippen molar-refractivity contribution in [1.29, 1.82) is 0 Å². The standard InChI is InChI=1S/C17H17N3O2S2/c21-15(18-9-8-13-5-2-1-3-6-13)11-23-12-16-19-17(20-22-16)14-7-4-10-24-14/h1-7,10H,8-9,11-12H2,(H,18,21). The van der Waals surface area contributed by atoms with Crippen LogP contribution in [0.15, 0.2) is 52.4 Å². The maximum absolute atomic E-state index is 11.8. The summed E-state index contributed by atoms with van der Waals surface area (Å²) in [5, 5.41) is 8.84. The van der Waals surface area contributed by atoms with E-state index in [9.17, 15) is 4.79 Å². The lowest BCUT2D eigenvalue weighted by Crippen LogP contribution is -2.27. The number of hydrogen-bond acceptors (Lipinski definition) is 6. The minimum Gasteiger partial charge on any atom is -0.355 e. The van der Waals surface area contributed by atoms with E-state index in [4.69, 9.17) is 4.52 Å². The average molecular weight is 359 g/mol. The number of amides is 1. The molecule has 124 valence electrons. The molecule has 0 aliphatic rings. The number of carbonyl (C=O) groups is 1. The van der Waals surface area contributed by atoms with Gasteiger partial charge in [-0.25, -0.2) is 0 Å². The Kier molecular flexibility index (Phi) is 6.03. The van der Waals surface area contributed by atoms with Crippen LogP contribution in [0.2, 0.25) is 0 Å². The molecular formula is C17H17N3O2S2.